The lowest BCUT2D eigenvalue weighted by Crippen LogP contribution is -2.36. The van der Waals surface area contributed by atoms with Crippen molar-refractivity contribution in [1.29, 1.82) is 5.26 Å². The van der Waals surface area contributed by atoms with Crippen LogP contribution in [0.25, 0.3) is 0 Å². The number of rotatable bonds is 4. The van der Waals surface area contributed by atoms with Crippen molar-refractivity contribution in [3.05, 3.63) is 50.9 Å². The molecule has 1 aromatic heterocycles. The molecule has 0 spiro atoms. The van der Waals surface area contributed by atoms with Crippen molar-refractivity contribution < 1.29 is 14.3 Å². The first-order valence-corrected chi connectivity index (χ1v) is 8.08. The number of hydrogen-bond donors (Lipinski definition) is 1. The molecule has 0 radical (unpaired) electrons. The van der Waals surface area contributed by atoms with E-state index in [1.165, 1.54) is 0 Å². The summed E-state index contributed by atoms with van der Waals surface area (Å²) < 4.78 is 11.6. The quantitative estimate of drug-likeness (QED) is 0.888. The number of nitrogens with zero attached hydrogens (tertiary/aromatic N) is 3. The maximum absolute atomic E-state index is 12.3. The van der Waals surface area contributed by atoms with E-state index in [-0.39, 0.29) is 30.9 Å². The van der Waals surface area contributed by atoms with Crippen LogP contribution < -0.4 is 20.3 Å². The zero-order valence-corrected chi connectivity index (χ0v) is 14.7. The van der Waals surface area contributed by atoms with Gasteiger partial charge in [-0.25, -0.2) is 4.68 Å². The van der Waals surface area contributed by atoms with Gasteiger partial charge >= 0.3 is 0 Å². The van der Waals surface area contributed by atoms with E-state index in [4.69, 9.17) is 14.7 Å². The van der Waals surface area contributed by atoms with Gasteiger partial charge in [-0.1, -0.05) is 6.07 Å². The molecule has 1 aliphatic rings. The van der Waals surface area contributed by atoms with Crippen LogP contribution in [0.3, 0.4) is 0 Å². The fourth-order valence-corrected chi connectivity index (χ4v) is 2.70. The van der Waals surface area contributed by atoms with Crippen molar-refractivity contribution in [1.82, 2.24) is 15.1 Å². The first kappa shape index (κ1) is 17.5. The van der Waals surface area contributed by atoms with E-state index in [2.05, 4.69) is 10.4 Å². The van der Waals surface area contributed by atoms with Gasteiger partial charge in [0.25, 0.3) is 5.56 Å². The Bertz CT molecular complexity index is 974. The SMILES string of the molecule is Cc1nn(CC(=O)NC(C)c2ccc3c(c2)OCO3)c(=O)c(C#N)c1C. The summed E-state index contributed by atoms with van der Waals surface area (Å²) in [6.45, 7) is 5.10. The normalized spacial score (nSPS) is 13.2. The predicted octanol–water partition coefficient (Wildman–Crippen LogP) is 1.34. The molecular formula is C18H18N4O4. The molecule has 1 N–H and O–H groups in total. The van der Waals surface area contributed by atoms with E-state index in [1.807, 2.05) is 25.1 Å². The van der Waals surface area contributed by atoms with Gasteiger partial charge in [-0.2, -0.15) is 10.4 Å². The summed E-state index contributed by atoms with van der Waals surface area (Å²) in [5, 5.41) is 16.1. The van der Waals surface area contributed by atoms with Gasteiger partial charge in [-0.3, -0.25) is 9.59 Å². The highest BCUT2D eigenvalue weighted by Crippen LogP contribution is 2.34. The van der Waals surface area contributed by atoms with Crippen LogP contribution in [0.1, 0.15) is 35.3 Å². The Morgan fingerprint density at radius 3 is 2.85 bits per heavy atom. The highest BCUT2D eigenvalue weighted by atomic mass is 16.7. The van der Waals surface area contributed by atoms with Crippen LogP contribution in [0.15, 0.2) is 23.0 Å². The van der Waals surface area contributed by atoms with Crippen molar-refractivity contribution in [2.24, 2.45) is 0 Å². The van der Waals surface area contributed by atoms with Crippen molar-refractivity contribution in [2.75, 3.05) is 6.79 Å². The van der Waals surface area contributed by atoms with E-state index in [9.17, 15) is 9.59 Å². The summed E-state index contributed by atoms with van der Waals surface area (Å²) in [6.07, 6.45) is 0. The van der Waals surface area contributed by atoms with E-state index < -0.39 is 5.56 Å². The van der Waals surface area contributed by atoms with Gasteiger partial charge < -0.3 is 14.8 Å². The molecule has 1 unspecified atom stereocenters. The average molecular weight is 354 g/mol. The zero-order chi connectivity index (χ0) is 18.8. The zero-order valence-electron chi connectivity index (χ0n) is 14.7. The Morgan fingerprint density at radius 2 is 2.12 bits per heavy atom. The van der Waals surface area contributed by atoms with E-state index in [0.29, 0.717) is 22.8 Å². The maximum atomic E-state index is 12.3. The van der Waals surface area contributed by atoms with Crippen molar-refractivity contribution >= 4 is 5.91 Å². The van der Waals surface area contributed by atoms with E-state index in [0.717, 1.165) is 10.2 Å². The molecule has 8 heteroatoms. The number of aromatic nitrogens is 2. The van der Waals surface area contributed by atoms with Gasteiger partial charge in [0.1, 0.15) is 18.2 Å². The summed E-state index contributed by atoms with van der Waals surface area (Å²) in [7, 11) is 0. The van der Waals surface area contributed by atoms with Gasteiger partial charge in [0.05, 0.1) is 11.7 Å². The molecule has 3 rings (SSSR count). The predicted molar refractivity (Wildman–Crippen MR) is 91.8 cm³/mol. The van der Waals surface area contributed by atoms with Crippen molar-refractivity contribution in [3.8, 4) is 17.6 Å². The summed E-state index contributed by atoms with van der Waals surface area (Å²) in [6, 6.07) is 7.01. The number of benzene rings is 1. The molecule has 8 nitrogen and oxygen atoms in total. The Hall–Kier alpha value is -3.34. The van der Waals surface area contributed by atoms with Gasteiger partial charge in [0.15, 0.2) is 11.5 Å². The topological polar surface area (TPSA) is 106 Å². The number of ether oxygens (including phenoxy) is 2. The molecule has 2 aromatic rings. The third kappa shape index (κ3) is 3.24. The lowest BCUT2D eigenvalue weighted by Gasteiger charge is -2.15. The summed E-state index contributed by atoms with van der Waals surface area (Å²) in [4.78, 5) is 24.6. The van der Waals surface area contributed by atoms with Crippen LogP contribution in [0.5, 0.6) is 11.5 Å². The molecule has 1 aliphatic heterocycles. The molecule has 0 fully saturated rings. The molecule has 2 heterocycles. The second-order valence-electron chi connectivity index (χ2n) is 6.06. The Kier molecular flexibility index (Phi) is 4.63. The monoisotopic (exact) mass is 354 g/mol. The molecule has 26 heavy (non-hydrogen) atoms. The highest BCUT2D eigenvalue weighted by Gasteiger charge is 2.18. The Balaban J connectivity index is 1.74. The Labute approximate surface area is 150 Å². The number of nitrogens with one attached hydrogen (secondary N) is 1. The third-order valence-electron chi connectivity index (χ3n) is 4.32. The van der Waals surface area contributed by atoms with E-state index >= 15 is 0 Å². The smallest absolute Gasteiger partial charge is 0.285 e. The number of fused-ring (bicyclic) bond motifs is 1. The van der Waals surface area contributed by atoms with Gasteiger partial charge in [0, 0.05) is 0 Å². The second kappa shape index (κ2) is 6.88. The largest absolute Gasteiger partial charge is 0.454 e. The minimum absolute atomic E-state index is 0.00844. The first-order chi connectivity index (χ1) is 12.4. The highest BCUT2D eigenvalue weighted by molar-refractivity contribution is 5.76. The summed E-state index contributed by atoms with van der Waals surface area (Å²) in [5.41, 5.74) is 1.36. The van der Waals surface area contributed by atoms with Gasteiger partial charge in [0.2, 0.25) is 12.7 Å². The number of carbonyl (C=O) groups excluding carboxylic acids is 1. The fourth-order valence-electron chi connectivity index (χ4n) is 2.70. The molecule has 1 amide bonds. The first-order valence-electron chi connectivity index (χ1n) is 8.08. The second-order valence-corrected chi connectivity index (χ2v) is 6.06. The van der Waals surface area contributed by atoms with Gasteiger partial charge in [-0.15, -0.1) is 0 Å². The maximum Gasteiger partial charge on any atom is 0.285 e. The molecule has 0 aliphatic carbocycles. The van der Waals surface area contributed by atoms with Crippen LogP contribution in [-0.2, 0) is 11.3 Å². The Morgan fingerprint density at radius 1 is 1.38 bits per heavy atom. The number of amides is 1. The van der Waals surface area contributed by atoms with Crippen LogP contribution in [0, 0.1) is 25.2 Å². The fraction of sp³-hybridized carbons (Fsp3) is 0.333. The number of carbonyl (C=O) groups is 1. The lowest BCUT2D eigenvalue weighted by atomic mass is 10.1. The average Bonchev–Trinajstić information content (AvgIpc) is 3.07. The molecular weight excluding hydrogens is 336 g/mol. The standard InChI is InChI=1S/C18H18N4O4/c1-10-11(2)21-22(18(24)14(10)7-19)8-17(23)20-12(3)13-4-5-15-16(6-13)26-9-25-15/h4-6,12H,8-9H2,1-3H3,(H,20,23). The van der Waals surface area contributed by atoms with Crippen molar-refractivity contribution in [3.63, 3.8) is 0 Å². The van der Waals surface area contributed by atoms with Crippen LogP contribution >= 0.6 is 0 Å². The summed E-state index contributed by atoms with van der Waals surface area (Å²) >= 11 is 0. The molecule has 1 atom stereocenters. The molecule has 0 saturated heterocycles. The summed E-state index contributed by atoms with van der Waals surface area (Å²) in [5.74, 6) is 0.924. The number of nitriles is 1. The molecule has 1 aromatic carbocycles. The minimum Gasteiger partial charge on any atom is -0.454 e. The molecule has 134 valence electrons. The molecule has 0 saturated carbocycles. The van der Waals surface area contributed by atoms with Gasteiger partial charge in [-0.05, 0) is 44.0 Å². The van der Waals surface area contributed by atoms with Crippen molar-refractivity contribution in [2.45, 2.75) is 33.4 Å². The third-order valence-corrected chi connectivity index (χ3v) is 4.32. The van der Waals surface area contributed by atoms with E-state index in [1.54, 1.807) is 19.9 Å². The number of hydrogen-bond acceptors (Lipinski definition) is 6. The molecule has 0 bridgehead atoms. The lowest BCUT2D eigenvalue weighted by molar-refractivity contribution is -0.122. The van der Waals surface area contributed by atoms with Crippen LogP contribution in [0.2, 0.25) is 0 Å². The van der Waals surface area contributed by atoms with Crippen LogP contribution in [-0.4, -0.2) is 22.5 Å². The minimum atomic E-state index is -0.568. The number of aryl methyl sites for hydroxylation is 1. The van der Waals surface area contributed by atoms with Crippen LogP contribution in [0.4, 0.5) is 0 Å².